The van der Waals surface area contributed by atoms with Crippen LogP contribution in [0.1, 0.15) is 0 Å². The van der Waals surface area contributed by atoms with Crippen molar-refractivity contribution in [1.29, 1.82) is 0 Å². The Kier molecular flexibility index (Phi) is 3.88. The summed E-state index contributed by atoms with van der Waals surface area (Å²) in [6.07, 6.45) is 4.89. The van der Waals surface area contributed by atoms with Crippen molar-refractivity contribution in [3.8, 4) is 0 Å². The fourth-order valence-electron chi connectivity index (χ4n) is 1.74. The molecule has 0 radical (unpaired) electrons. The minimum Gasteiger partial charge on any atom is -0.378 e. The van der Waals surface area contributed by atoms with Gasteiger partial charge in [0.15, 0.2) is 0 Å². The number of rotatable bonds is 3. The zero-order valence-electron chi connectivity index (χ0n) is 10.6. The molecule has 1 saturated heterocycles. The molecule has 9 heteroatoms. The van der Waals surface area contributed by atoms with Crippen molar-refractivity contribution in [2.24, 2.45) is 0 Å². The number of hydrogen-bond acceptors (Lipinski definition) is 9. The summed E-state index contributed by atoms with van der Waals surface area (Å²) in [5.74, 6) is 0.778. The summed E-state index contributed by atoms with van der Waals surface area (Å²) in [6, 6.07) is 0. The van der Waals surface area contributed by atoms with Crippen LogP contribution >= 0.6 is 11.8 Å². The van der Waals surface area contributed by atoms with E-state index in [1.165, 1.54) is 11.8 Å². The molecule has 0 bridgehead atoms. The lowest BCUT2D eigenvalue weighted by Crippen LogP contribution is -2.37. The van der Waals surface area contributed by atoms with Gasteiger partial charge in [-0.1, -0.05) is 0 Å². The van der Waals surface area contributed by atoms with Crippen molar-refractivity contribution in [2.75, 3.05) is 36.9 Å². The molecule has 0 atom stereocenters. The molecular weight excluding hydrogens is 278 g/mol. The first-order chi connectivity index (χ1) is 9.81. The Labute approximate surface area is 119 Å². The molecule has 0 saturated carbocycles. The Bertz CT molecular complexity index is 576. The van der Waals surface area contributed by atoms with Gasteiger partial charge in [0.1, 0.15) is 5.03 Å². The first-order valence-corrected chi connectivity index (χ1v) is 6.91. The van der Waals surface area contributed by atoms with E-state index < -0.39 is 0 Å². The second-order valence-corrected chi connectivity index (χ2v) is 5.01. The lowest BCUT2D eigenvalue weighted by molar-refractivity contribution is 0.122. The average Bonchev–Trinajstić information content (AvgIpc) is 2.49. The number of aromatic nitrogens is 5. The summed E-state index contributed by atoms with van der Waals surface area (Å²) in [7, 11) is 0. The molecule has 2 aromatic rings. The lowest BCUT2D eigenvalue weighted by atomic mass is 10.4. The molecule has 2 N–H and O–H groups in total. The minimum atomic E-state index is 0.202. The standard InChI is InChI=1S/C11H13N7OS/c12-9-15-10(18-3-5-19-6-4-18)17-11(16-9)20-8-7-13-1-2-14-8/h1-2,7H,3-6H2,(H2,12,15,16,17). The van der Waals surface area contributed by atoms with Gasteiger partial charge in [0.05, 0.1) is 19.4 Å². The first kappa shape index (κ1) is 13.0. The Morgan fingerprint density at radius 3 is 2.75 bits per heavy atom. The van der Waals surface area contributed by atoms with Crippen molar-refractivity contribution >= 4 is 23.7 Å². The number of ether oxygens (including phenoxy) is 1. The first-order valence-electron chi connectivity index (χ1n) is 6.09. The van der Waals surface area contributed by atoms with Gasteiger partial charge in [-0.3, -0.25) is 4.98 Å². The number of morpholine rings is 1. The molecule has 0 aromatic carbocycles. The van der Waals surface area contributed by atoms with E-state index >= 15 is 0 Å². The molecule has 0 unspecified atom stereocenters. The van der Waals surface area contributed by atoms with Gasteiger partial charge in [-0.25, -0.2) is 4.98 Å². The highest BCUT2D eigenvalue weighted by molar-refractivity contribution is 7.99. The normalized spacial score (nSPS) is 15.3. The van der Waals surface area contributed by atoms with Crippen LogP contribution in [-0.2, 0) is 4.74 Å². The summed E-state index contributed by atoms with van der Waals surface area (Å²) in [6.45, 7) is 2.83. The molecule has 1 aliphatic rings. The second kappa shape index (κ2) is 5.97. The van der Waals surface area contributed by atoms with Crippen molar-refractivity contribution in [3.05, 3.63) is 18.6 Å². The van der Waals surface area contributed by atoms with Gasteiger partial charge in [0, 0.05) is 25.5 Å². The third-order valence-electron chi connectivity index (χ3n) is 2.65. The molecule has 104 valence electrons. The van der Waals surface area contributed by atoms with Crippen LogP contribution in [0.3, 0.4) is 0 Å². The lowest BCUT2D eigenvalue weighted by Gasteiger charge is -2.26. The average molecular weight is 291 g/mol. The van der Waals surface area contributed by atoms with E-state index in [9.17, 15) is 0 Å². The van der Waals surface area contributed by atoms with Crippen LogP contribution in [-0.4, -0.2) is 51.2 Å². The smallest absolute Gasteiger partial charge is 0.231 e. The maximum atomic E-state index is 5.75. The summed E-state index contributed by atoms with van der Waals surface area (Å²) >= 11 is 1.31. The highest BCUT2D eigenvalue weighted by atomic mass is 32.2. The van der Waals surface area contributed by atoms with Crippen molar-refractivity contribution in [2.45, 2.75) is 10.2 Å². The van der Waals surface area contributed by atoms with Gasteiger partial charge in [0.2, 0.25) is 17.1 Å². The fourth-order valence-corrected chi connectivity index (χ4v) is 2.42. The van der Waals surface area contributed by atoms with E-state index in [4.69, 9.17) is 10.5 Å². The van der Waals surface area contributed by atoms with Crippen LogP contribution in [0.2, 0.25) is 0 Å². The minimum absolute atomic E-state index is 0.202. The topological polar surface area (TPSA) is 103 Å². The van der Waals surface area contributed by atoms with Gasteiger partial charge < -0.3 is 15.4 Å². The number of nitrogen functional groups attached to an aromatic ring is 1. The van der Waals surface area contributed by atoms with Crippen molar-refractivity contribution < 1.29 is 4.74 Å². The highest BCUT2D eigenvalue weighted by Gasteiger charge is 2.16. The molecule has 0 aliphatic carbocycles. The maximum absolute atomic E-state index is 5.75. The van der Waals surface area contributed by atoms with Gasteiger partial charge in [-0.05, 0) is 11.8 Å². The Balaban J connectivity index is 1.82. The van der Waals surface area contributed by atoms with E-state index in [-0.39, 0.29) is 5.95 Å². The molecule has 2 aromatic heterocycles. The Morgan fingerprint density at radius 2 is 2.00 bits per heavy atom. The van der Waals surface area contributed by atoms with Gasteiger partial charge in [-0.2, -0.15) is 15.0 Å². The fraction of sp³-hybridized carbons (Fsp3) is 0.364. The summed E-state index contributed by atoms with van der Waals surface area (Å²) in [4.78, 5) is 22.9. The summed E-state index contributed by atoms with van der Waals surface area (Å²) in [5.41, 5.74) is 5.75. The third kappa shape index (κ3) is 3.11. The summed E-state index contributed by atoms with van der Waals surface area (Å²) in [5, 5.41) is 1.23. The zero-order chi connectivity index (χ0) is 13.8. The van der Waals surface area contributed by atoms with E-state index in [1.807, 2.05) is 4.90 Å². The molecular formula is C11H13N7OS. The van der Waals surface area contributed by atoms with Crippen molar-refractivity contribution in [3.63, 3.8) is 0 Å². The second-order valence-electron chi connectivity index (χ2n) is 4.02. The molecule has 1 aliphatic heterocycles. The predicted octanol–water partition coefficient (Wildman–Crippen LogP) is 0.232. The van der Waals surface area contributed by atoms with Gasteiger partial charge in [0.25, 0.3) is 0 Å². The van der Waals surface area contributed by atoms with Crippen LogP contribution < -0.4 is 10.6 Å². The predicted molar refractivity (Wildman–Crippen MR) is 73.4 cm³/mol. The van der Waals surface area contributed by atoms with Gasteiger partial charge in [-0.15, -0.1) is 0 Å². The third-order valence-corrected chi connectivity index (χ3v) is 3.43. The molecule has 3 rings (SSSR count). The number of anilines is 2. The Hall–Kier alpha value is -2.00. The van der Waals surface area contributed by atoms with Gasteiger partial charge >= 0.3 is 0 Å². The van der Waals surface area contributed by atoms with Crippen LogP contribution in [0.15, 0.2) is 28.8 Å². The molecule has 0 amide bonds. The monoisotopic (exact) mass is 291 g/mol. The van der Waals surface area contributed by atoms with E-state index in [0.717, 1.165) is 13.1 Å². The van der Waals surface area contributed by atoms with E-state index in [2.05, 4.69) is 24.9 Å². The highest BCUT2D eigenvalue weighted by Crippen LogP contribution is 2.23. The largest absolute Gasteiger partial charge is 0.378 e. The number of nitrogens with zero attached hydrogens (tertiary/aromatic N) is 6. The Morgan fingerprint density at radius 1 is 1.15 bits per heavy atom. The number of hydrogen-bond donors (Lipinski definition) is 1. The molecule has 1 fully saturated rings. The van der Waals surface area contributed by atoms with Crippen LogP contribution in [0.4, 0.5) is 11.9 Å². The van der Waals surface area contributed by atoms with E-state index in [1.54, 1.807) is 18.6 Å². The maximum Gasteiger partial charge on any atom is 0.231 e. The summed E-state index contributed by atoms with van der Waals surface area (Å²) < 4.78 is 5.31. The molecule has 0 spiro atoms. The molecule has 8 nitrogen and oxygen atoms in total. The van der Waals surface area contributed by atoms with Crippen LogP contribution in [0, 0.1) is 0 Å². The molecule has 3 heterocycles. The zero-order valence-corrected chi connectivity index (χ0v) is 11.5. The van der Waals surface area contributed by atoms with Crippen LogP contribution in [0.5, 0.6) is 0 Å². The van der Waals surface area contributed by atoms with E-state index in [0.29, 0.717) is 29.3 Å². The van der Waals surface area contributed by atoms with Crippen LogP contribution in [0.25, 0.3) is 0 Å². The van der Waals surface area contributed by atoms with Crippen molar-refractivity contribution in [1.82, 2.24) is 24.9 Å². The number of nitrogens with two attached hydrogens (primary N) is 1. The molecule has 20 heavy (non-hydrogen) atoms. The SMILES string of the molecule is Nc1nc(Sc2cnccn2)nc(N2CCOCC2)n1. The quantitative estimate of drug-likeness (QED) is 0.851.